The monoisotopic (exact) mass is 345 g/mol. The first kappa shape index (κ1) is 17.2. The van der Waals surface area contributed by atoms with Gasteiger partial charge in [-0.2, -0.15) is 4.98 Å². The molecule has 0 saturated carbocycles. The molecule has 0 aliphatic carbocycles. The third-order valence-electron chi connectivity index (χ3n) is 4.05. The van der Waals surface area contributed by atoms with E-state index >= 15 is 0 Å². The second-order valence-corrected chi connectivity index (χ2v) is 5.87. The SMILES string of the molecule is COCCNc1nc(C)cc(N2CCN(C(=O)c3ccco3)CC2)n1. The van der Waals surface area contributed by atoms with E-state index in [1.54, 1.807) is 24.1 Å². The second-order valence-electron chi connectivity index (χ2n) is 5.87. The van der Waals surface area contributed by atoms with Gasteiger partial charge in [0.05, 0.1) is 12.9 Å². The first-order chi connectivity index (χ1) is 12.2. The number of anilines is 2. The summed E-state index contributed by atoms with van der Waals surface area (Å²) in [6, 6.07) is 5.39. The number of hydrogen-bond donors (Lipinski definition) is 1. The standard InChI is InChI=1S/C17H23N5O3/c1-13-12-15(20-17(19-13)18-5-11-24-2)21-6-8-22(9-7-21)16(23)14-4-3-10-25-14/h3-4,10,12H,5-9,11H2,1-2H3,(H,18,19,20). The molecule has 2 aromatic rings. The molecule has 0 unspecified atom stereocenters. The average Bonchev–Trinajstić information content (AvgIpc) is 3.16. The van der Waals surface area contributed by atoms with E-state index in [4.69, 9.17) is 9.15 Å². The molecule has 0 spiro atoms. The van der Waals surface area contributed by atoms with Crippen molar-refractivity contribution >= 4 is 17.7 Å². The van der Waals surface area contributed by atoms with E-state index in [9.17, 15) is 4.79 Å². The fourth-order valence-electron chi connectivity index (χ4n) is 2.75. The van der Waals surface area contributed by atoms with Crippen molar-refractivity contribution in [2.24, 2.45) is 0 Å². The van der Waals surface area contributed by atoms with Crippen molar-refractivity contribution < 1.29 is 13.9 Å². The van der Waals surface area contributed by atoms with Crippen LogP contribution in [0.25, 0.3) is 0 Å². The summed E-state index contributed by atoms with van der Waals surface area (Å²) in [7, 11) is 1.66. The highest BCUT2D eigenvalue weighted by Gasteiger charge is 2.24. The van der Waals surface area contributed by atoms with Gasteiger partial charge in [-0.05, 0) is 19.1 Å². The number of amides is 1. The van der Waals surface area contributed by atoms with Gasteiger partial charge in [0, 0.05) is 51.6 Å². The highest BCUT2D eigenvalue weighted by Crippen LogP contribution is 2.18. The molecular weight excluding hydrogens is 322 g/mol. The number of nitrogens with one attached hydrogen (secondary N) is 1. The van der Waals surface area contributed by atoms with Crippen molar-refractivity contribution in [3.63, 3.8) is 0 Å². The van der Waals surface area contributed by atoms with Crippen molar-refractivity contribution in [1.82, 2.24) is 14.9 Å². The Hall–Kier alpha value is -2.61. The lowest BCUT2D eigenvalue weighted by Crippen LogP contribution is -2.49. The van der Waals surface area contributed by atoms with E-state index in [0.29, 0.717) is 37.9 Å². The molecule has 1 aliphatic heterocycles. The van der Waals surface area contributed by atoms with E-state index < -0.39 is 0 Å². The predicted molar refractivity (Wildman–Crippen MR) is 94.0 cm³/mol. The first-order valence-electron chi connectivity index (χ1n) is 8.33. The lowest BCUT2D eigenvalue weighted by Gasteiger charge is -2.35. The van der Waals surface area contributed by atoms with Crippen LogP contribution in [0.4, 0.5) is 11.8 Å². The number of ether oxygens (including phenoxy) is 1. The summed E-state index contributed by atoms with van der Waals surface area (Å²) in [5.41, 5.74) is 0.902. The minimum Gasteiger partial charge on any atom is -0.459 e. The highest BCUT2D eigenvalue weighted by molar-refractivity contribution is 5.91. The van der Waals surface area contributed by atoms with E-state index in [1.165, 1.54) is 6.26 Å². The van der Waals surface area contributed by atoms with Crippen molar-refractivity contribution in [2.45, 2.75) is 6.92 Å². The van der Waals surface area contributed by atoms with Gasteiger partial charge < -0.3 is 24.3 Å². The Morgan fingerprint density at radius 3 is 2.80 bits per heavy atom. The van der Waals surface area contributed by atoms with Crippen molar-refractivity contribution in [2.75, 3.05) is 56.7 Å². The highest BCUT2D eigenvalue weighted by atomic mass is 16.5. The third kappa shape index (κ3) is 4.27. The maximum absolute atomic E-state index is 12.3. The van der Waals surface area contributed by atoms with Gasteiger partial charge in [-0.1, -0.05) is 0 Å². The number of furan rings is 1. The topological polar surface area (TPSA) is 83.7 Å². The minimum atomic E-state index is -0.0644. The molecule has 0 bridgehead atoms. The van der Waals surface area contributed by atoms with Gasteiger partial charge in [0.1, 0.15) is 5.82 Å². The molecule has 8 heteroatoms. The van der Waals surface area contributed by atoms with Crippen LogP contribution in [0.15, 0.2) is 28.9 Å². The zero-order valence-corrected chi connectivity index (χ0v) is 14.6. The number of aryl methyl sites for hydroxylation is 1. The van der Waals surface area contributed by atoms with Crippen LogP contribution in [-0.2, 0) is 4.74 Å². The van der Waals surface area contributed by atoms with Gasteiger partial charge in [-0.15, -0.1) is 0 Å². The Balaban J connectivity index is 1.61. The Morgan fingerprint density at radius 2 is 2.12 bits per heavy atom. The van der Waals surface area contributed by atoms with Crippen molar-refractivity contribution in [3.05, 3.63) is 35.9 Å². The van der Waals surface area contributed by atoms with Gasteiger partial charge in [-0.25, -0.2) is 4.98 Å². The number of methoxy groups -OCH3 is 1. The molecule has 1 fully saturated rings. The second kappa shape index (κ2) is 7.98. The summed E-state index contributed by atoms with van der Waals surface area (Å²) in [5.74, 6) is 1.79. The van der Waals surface area contributed by atoms with E-state index in [-0.39, 0.29) is 5.91 Å². The largest absolute Gasteiger partial charge is 0.459 e. The molecule has 25 heavy (non-hydrogen) atoms. The molecule has 3 rings (SSSR count). The molecule has 0 atom stereocenters. The van der Waals surface area contributed by atoms with Crippen LogP contribution in [0.1, 0.15) is 16.2 Å². The number of hydrogen-bond acceptors (Lipinski definition) is 7. The maximum atomic E-state index is 12.3. The normalized spacial score (nSPS) is 14.6. The van der Waals surface area contributed by atoms with Gasteiger partial charge in [0.2, 0.25) is 5.95 Å². The van der Waals surface area contributed by atoms with Crippen LogP contribution >= 0.6 is 0 Å². The molecular formula is C17H23N5O3. The quantitative estimate of drug-likeness (QED) is 0.792. The van der Waals surface area contributed by atoms with Crippen molar-refractivity contribution in [3.8, 4) is 0 Å². The summed E-state index contributed by atoms with van der Waals surface area (Å²) in [5, 5.41) is 3.16. The Bertz CT molecular complexity index is 696. The lowest BCUT2D eigenvalue weighted by atomic mass is 10.2. The zero-order chi connectivity index (χ0) is 17.6. The fraction of sp³-hybridized carbons (Fsp3) is 0.471. The number of rotatable bonds is 6. The molecule has 1 amide bonds. The van der Waals surface area contributed by atoms with Gasteiger partial charge in [0.15, 0.2) is 5.76 Å². The summed E-state index contributed by atoms with van der Waals surface area (Å²) in [6.07, 6.45) is 1.52. The Kier molecular flexibility index (Phi) is 5.49. The summed E-state index contributed by atoms with van der Waals surface area (Å²) in [4.78, 5) is 25.3. The number of piperazine rings is 1. The Morgan fingerprint density at radius 1 is 1.32 bits per heavy atom. The molecule has 8 nitrogen and oxygen atoms in total. The molecule has 3 heterocycles. The summed E-state index contributed by atoms with van der Waals surface area (Å²) < 4.78 is 10.2. The van der Waals surface area contributed by atoms with Crippen LogP contribution in [0.3, 0.4) is 0 Å². The molecule has 0 radical (unpaired) electrons. The van der Waals surface area contributed by atoms with Crippen LogP contribution in [0.5, 0.6) is 0 Å². The first-order valence-corrected chi connectivity index (χ1v) is 8.33. The van der Waals surface area contributed by atoms with Gasteiger partial charge >= 0.3 is 0 Å². The van der Waals surface area contributed by atoms with Gasteiger partial charge in [-0.3, -0.25) is 4.79 Å². The van der Waals surface area contributed by atoms with Gasteiger partial charge in [0.25, 0.3) is 5.91 Å². The van der Waals surface area contributed by atoms with E-state index in [0.717, 1.165) is 24.6 Å². The molecule has 134 valence electrons. The average molecular weight is 345 g/mol. The summed E-state index contributed by atoms with van der Waals surface area (Å²) >= 11 is 0. The molecule has 2 aromatic heterocycles. The van der Waals surface area contributed by atoms with E-state index in [1.807, 2.05) is 13.0 Å². The number of carbonyl (C=O) groups excluding carboxylic acids is 1. The lowest BCUT2D eigenvalue weighted by molar-refractivity contribution is 0.0714. The van der Waals surface area contributed by atoms with Crippen LogP contribution in [0, 0.1) is 6.92 Å². The number of aromatic nitrogens is 2. The minimum absolute atomic E-state index is 0.0644. The predicted octanol–water partition coefficient (Wildman–Crippen LogP) is 1.40. The zero-order valence-electron chi connectivity index (χ0n) is 14.6. The molecule has 1 N–H and O–H groups in total. The summed E-state index contributed by atoms with van der Waals surface area (Å²) in [6.45, 7) is 5.92. The third-order valence-corrected chi connectivity index (χ3v) is 4.05. The van der Waals surface area contributed by atoms with E-state index in [2.05, 4.69) is 20.2 Å². The molecule has 1 aliphatic rings. The van der Waals surface area contributed by atoms with Crippen LogP contribution < -0.4 is 10.2 Å². The number of carbonyl (C=O) groups is 1. The van der Waals surface area contributed by atoms with Crippen molar-refractivity contribution in [1.29, 1.82) is 0 Å². The molecule has 0 aromatic carbocycles. The Labute approximate surface area is 146 Å². The molecule has 1 saturated heterocycles. The maximum Gasteiger partial charge on any atom is 0.289 e. The fourth-order valence-corrected chi connectivity index (χ4v) is 2.75. The number of nitrogens with zero attached hydrogens (tertiary/aromatic N) is 4. The van der Waals surface area contributed by atoms with Crippen LogP contribution in [-0.4, -0.2) is 67.2 Å². The van der Waals surface area contributed by atoms with Crippen LogP contribution in [0.2, 0.25) is 0 Å². The smallest absolute Gasteiger partial charge is 0.289 e.